The van der Waals surface area contributed by atoms with E-state index < -0.39 is 5.51 Å². The van der Waals surface area contributed by atoms with Gasteiger partial charge in [0.1, 0.15) is 5.15 Å². The average molecular weight is 297 g/mol. The first-order valence-corrected chi connectivity index (χ1v) is 6.47. The van der Waals surface area contributed by atoms with Crippen molar-refractivity contribution in [3.05, 3.63) is 29.0 Å². The van der Waals surface area contributed by atoms with Gasteiger partial charge in [0.25, 0.3) is 0 Å². The number of alkyl halides is 3. The van der Waals surface area contributed by atoms with E-state index in [0.29, 0.717) is 11.2 Å². The van der Waals surface area contributed by atoms with Gasteiger partial charge in [-0.15, -0.1) is 0 Å². The normalized spacial score (nSPS) is 11.3. The smallest absolute Gasteiger partial charge is 0.221 e. The second-order valence-electron chi connectivity index (χ2n) is 3.11. The van der Waals surface area contributed by atoms with Crippen LogP contribution in [0.25, 0.3) is 5.52 Å². The highest BCUT2D eigenvalue weighted by atomic mass is 35.5. The van der Waals surface area contributed by atoms with Crippen molar-refractivity contribution in [1.82, 2.24) is 9.61 Å². The maximum atomic E-state index is 12.3. The SMILES string of the molecule is CC.Cc1nn2c(Cl)cccc2c1SC(F)(F)F. The molecule has 0 aromatic carbocycles. The summed E-state index contributed by atoms with van der Waals surface area (Å²) in [6, 6.07) is 4.72. The number of hydrogen-bond acceptors (Lipinski definition) is 2. The van der Waals surface area contributed by atoms with Crippen molar-refractivity contribution < 1.29 is 13.2 Å². The van der Waals surface area contributed by atoms with E-state index in [1.165, 1.54) is 11.4 Å². The number of nitrogens with zero attached hydrogens (tertiary/aromatic N) is 2. The molecule has 0 saturated heterocycles. The molecule has 100 valence electrons. The van der Waals surface area contributed by atoms with Gasteiger partial charge in [-0.3, -0.25) is 0 Å². The minimum Gasteiger partial charge on any atom is -0.221 e. The maximum Gasteiger partial charge on any atom is 0.446 e. The third kappa shape index (κ3) is 3.32. The van der Waals surface area contributed by atoms with Crippen LogP contribution < -0.4 is 0 Å². The Bertz CT molecular complexity index is 537. The second kappa shape index (κ2) is 5.84. The predicted octanol–water partition coefficient (Wildman–Crippen LogP) is 4.93. The first kappa shape index (κ1) is 15.2. The molecule has 0 saturated carbocycles. The van der Waals surface area contributed by atoms with Gasteiger partial charge in [-0.05, 0) is 30.8 Å². The van der Waals surface area contributed by atoms with Gasteiger partial charge < -0.3 is 0 Å². The molecule has 2 nitrogen and oxygen atoms in total. The highest BCUT2D eigenvalue weighted by Gasteiger charge is 2.32. The molecule has 2 rings (SSSR count). The molecular formula is C11H12ClF3N2S. The summed E-state index contributed by atoms with van der Waals surface area (Å²) in [6.45, 7) is 5.53. The average Bonchev–Trinajstić information content (AvgIpc) is 2.59. The van der Waals surface area contributed by atoms with Crippen molar-refractivity contribution in [1.29, 1.82) is 0 Å². The Morgan fingerprint density at radius 1 is 1.28 bits per heavy atom. The quantitative estimate of drug-likeness (QED) is 0.548. The molecule has 0 aliphatic carbocycles. The Balaban J connectivity index is 0.000000771. The molecule has 0 spiro atoms. The molecule has 0 radical (unpaired) electrons. The Morgan fingerprint density at radius 3 is 2.44 bits per heavy atom. The number of pyridine rings is 1. The zero-order valence-electron chi connectivity index (χ0n) is 10.0. The molecule has 0 fully saturated rings. The van der Waals surface area contributed by atoms with Crippen LogP contribution >= 0.6 is 23.4 Å². The third-order valence-corrected chi connectivity index (χ3v) is 3.17. The van der Waals surface area contributed by atoms with Crippen molar-refractivity contribution >= 4 is 28.9 Å². The first-order chi connectivity index (χ1) is 8.38. The van der Waals surface area contributed by atoms with Crippen LogP contribution in [-0.2, 0) is 0 Å². The van der Waals surface area contributed by atoms with Crippen LogP contribution in [0.15, 0.2) is 23.1 Å². The van der Waals surface area contributed by atoms with Crippen LogP contribution in [0, 0.1) is 6.92 Å². The van der Waals surface area contributed by atoms with E-state index >= 15 is 0 Å². The van der Waals surface area contributed by atoms with Crippen molar-refractivity contribution in [3.63, 3.8) is 0 Å². The molecule has 0 bridgehead atoms. The third-order valence-electron chi connectivity index (χ3n) is 1.95. The van der Waals surface area contributed by atoms with E-state index in [4.69, 9.17) is 11.6 Å². The molecule has 2 aromatic heterocycles. The summed E-state index contributed by atoms with van der Waals surface area (Å²) in [5.74, 6) is 0. The standard InChI is InChI=1S/C9H6ClF3N2S.C2H6/c1-5-8(16-9(11,12)13)6-3-2-4-7(10)15(6)14-5;1-2/h2-4H,1H3;1-2H3. The summed E-state index contributed by atoms with van der Waals surface area (Å²) in [4.78, 5) is 0.0926. The van der Waals surface area contributed by atoms with Crippen LogP contribution in [0.4, 0.5) is 13.2 Å². The predicted molar refractivity (Wildman–Crippen MR) is 68.2 cm³/mol. The number of thioether (sulfide) groups is 1. The van der Waals surface area contributed by atoms with Crippen molar-refractivity contribution in [2.45, 2.75) is 31.2 Å². The molecule has 7 heteroatoms. The van der Waals surface area contributed by atoms with E-state index in [-0.39, 0.29) is 21.8 Å². The van der Waals surface area contributed by atoms with Crippen LogP contribution in [0.2, 0.25) is 5.15 Å². The van der Waals surface area contributed by atoms with Gasteiger partial charge in [0.05, 0.1) is 16.1 Å². The second-order valence-corrected chi connectivity index (χ2v) is 4.57. The minimum atomic E-state index is -4.32. The topological polar surface area (TPSA) is 17.3 Å². The molecule has 18 heavy (non-hydrogen) atoms. The summed E-state index contributed by atoms with van der Waals surface area (Å²) in [5, 5.41) is 4.25. The summed E-state index contributed by atoms with van der Waals surface area (Å²) in [5.41, 5.74) is -3.64. The Morgan fingerprint density at radius 2 is 1.89 bits per heavy atom. The molecule has 0 unspecified atom stereocenters. The largest absolute Gasteiger partial charge is 0.446 e. The lowest BCUT2D eigenvalue weighted by molar-refractivity contribution is -0.0327. The summed E-state index contributed by atoms with van der Waals surface area (Å²) >= 11 is 5.65. The highest BCUT2D eigenvalue weighted by molar-refractivity contribution is 8.00. The van der Waals surface area contributed by atoms with Gasteiger partial charge in [-0.25, -0.2) is 4.52 Å². The molecule has 0 amide bonds. The lowest BCUT2D eigenvalue weighted by Gasteiger charge is -2.04. The van der Waals surface area contributed by atoms with E-state index in [1.807, 2.05) is 13.8 Å². The zero-order valence-corrected chi connectivity index (χ0v) is 11.6. The maximum absolute atomic E-state index is 12.3. The van der Waals surface area contributed by atoms with Gasteiger partial charge in [0.15, 0.2) is 0 Å². The van der Waals surface area contributed by atoms with Gasteiger partial charge in [-0.1, -0.05) is 31.5 Å². The first-order valence-electron chi connectivity index (χ1n) is 5.28. The van der Waals surface area contributed by atoms with E-state index in [2.05, 4.69) is 5.10 Å². The number of halogens is 4. The van der Waals surface area contributed by atoms with E-state index in [9.17, 15) is 13.2 Å². The monoisotopic (exact) mass is 296 g/mol. The van der Waals surface area contributed by atoms with Gasteiger partial charge in [0, 0.05) is 0 Å². The molecule has 0 N–H and O–H groups in total. The molecule has 0 aliphatic heterocycles. The van der Waals surface area contributed by atoms with Crippen LogP contribution in [-0.4, -0.2) is 15.1 Å². The van der Waals surface area contributed by atoms with E-state index in [1.54, 1.807) is 18.2 Å². The number of aromatic nitrogens is 2. The minimum absolute atomic E-state index is 0.0926. The molecule has 0 atom stereocenters. The molecule has 2 heterocycles. The highest BCUT2D eigenvalue weighted by Crippen LogP contribution is 2.40. The Hall–Kier alpha value is -0.880. The molecular weight excluding hydrogens is 285 g/mol. The summed E-state index contributed by atoms with van der Waals surface area (Å²) < 4.78 is 38.3. The number of fused-ring (bicyclic) bond motifs is 1. The lowest BCUT2D eigenvalue weighted by Crippen LogP contribution is -1.99. The fraction of sp³-hybridized carbons (Fsp3) is 0.364. The fourth-order valence-electron chi connectivity index (χ4n) is 1.37. The molecule has 2 aromatic rings. The summed E-state index contributed by atoms with van der Waals surface area (Å²) in [7, 11) is 0. The summed E-state index contributed by atoms with van der Waals surface area (Å²) in [6.07, 6.45) is 0. The van der Waals surface area contributed by atoms with Crippen molar-refractivity contribution in [2.75, 3.05) is 0 Å². The Labute approximate surface area is 112 Å². The van der Waals surface area contributed by atoms with Gasteiger partial charge in [-0.2, -0.15) is 18.3 Å². The Kier molecular flexibility index (Phi) is 4.92. The van der Waals surface area contributed by atoms with Crippen LogP contribution in [0.3, 0.4) is 0 Å². The van der Waals surface area contributed by atoms with Gasteiger partial charge >= 0.3 is 5.51 Å². The molecule has 0 aliphatic rings. The lowest BCUT2D eigenvalue weighted by atomic mass is 10.4. The van der Waals surface area contributed by atoms with E-state index in [0.717, 1.165) is 0 Å². The zero-order chi connectivity index (χ0) is 13.9. The fourth-order valence-corrected chi connectivity index (χ4v) is 2.25. The number of rotatable bonds is 1. The van der Waals surface area contributed by atoms with Crippen LogP contribution in [0.5, 0.6) is 0 Å². The number of aryl methyl sites for hydroxylation is 1. The van der Waals surface area contributed by atoms with Crippen molar-refractivity contribution in [3.8, 4) is 0 Å². The van der Waals surface area contributed by atoms with Crippen molar-refractivity contribution in [2.24, 2.45) is 0 Å². The van der Waals surface area contributed by atoms with Gasteiger partial charge in [0.2, 0.25) is 0 Å². The van der Waals surface area contributed by atoms with Crippen LogP contribution in [0.1, 0.15) is 19.5 Å². The number of hydrogen-bond donors (Lipinski definition) is 0.